The van der Waals surface area contributed by atoms with E-state index >= 15 is 0 Å². The van der Waals surface area contributed by atoms with Gasteiger partial charge in [-0.15, -0.1) is 24.0 Å². The summed E-state index contributed by atoms with van der Waals surface area (Å²) in [5, 5.41) is 6.79. The highest BCUT2D eigenvalue weighted by atomic mass is 127. The van der Waals surface area contributed by atoms with E-state index in [0.29, 0.717) is 6.04 Å². The Morgan fingerprint density at radius 2 is 1.91 bits per heavy atom. The van der Waals surface area contributed by atoms with E-state index in [1.165, 1.54) is 5.56 Å². The Morgan fingerprint density at radius 3 is 2.50 bits per heavy atom. The summed E-state index contributed by atoms with van der Waals surface area (Å²) in [6.07, 6.45) is 3.15. The predicted molar refractivity (Wildman–Crippen MR) is 101 cm³/mol. The van der Waals surface area contributed by atoms with Crippen molar-refractivity contribution in [2.75, 3.05) is 27.3 Å². The molecule has 1 unspecified atom stereocenters. The first-order valence-corrected chi connectivity index (χ1v) is 7.52. The number of guanidine groups is 1. The molecule has 1 aliphatic rings. The molecule has 0 bridgehead atoms. The highest BCUT2D eigenvalue weighted by molar-refractivity contribution is 14.0. The van der Waals surface area contributed by atoms with Gasteiger partial charge in [-0.25, -0.2) is 0 Å². The van der Waals surface area contributed by atoms with Crippen molar-refractivity contribution >= 4 is 29.9 Å². The molecule has 0 aliphatic carbocycles. The molecule has 124 valence electrons. The Hall–Kier alpha value is -1.18. The van der Waals surface area contributed by atoms with Gasteiger partial charge >= 0.3 is 0 Å². The number of benzene rings is 1. The standard InChI is InChI=1S/C16H25N3O2.HI/c1-4-13-6-8-18-16(19-13)17-7-5-12-9-14(20-2)11-15(10-12)21-3;/h9-11,13H,4-8H2,1-3H3,(H2,17,18,19);1H. The quantitative estimate of drug-likeness (QED) is 0.697. The maximum Gasteiger partial charge on any atom is 0.191 e. The molecule has 6 heteroatoms. The molecule has 0 saturated carbocycles. The molecule has 0 aromatic heterocycles. The van der Waals surface area contributed by atoms with Crippen molar-refractivity contribution < 1.29 is 9.47 Å². The number of aliphatic imine (C=N–C) groups is 1. The van der Waals surface area contributed by atoms with Crippen molar-refractivity contribution in [1.82, 2.24) is 10.6 Å². The third-order valence-corrected chi connectivity index (χ3v) is 3.70. The van der Waals surface area contributed by atoms with Gasteiger partial charge in [-0.1, -0.05) is 6.92 Å². The maximum absolute atomic E-state index is 5.29. The summed E-state index contributed by atoms with van der Waals surface area (Å²) in [5.74, 6) is 2.56. The summed E-state index contributed by atoms with van der Waals surface area (Å²) in [4.78, 5) is 4.47. The van der Waals surface area contributed by atoms with Crippen molar-refractivity contribution in [1.29, 1.82) is 0 Å². The van der Waals surface area contributed by atoms with Crippen LogP contribution in [-0.2, 0) is 6.42 Å². The van der Waals surface area contributed by atoms with Gasteiger partial charge in [0.1, 0.15) is 11.5 Å². The van der Waals surface area contributed by atoms with Gasteiger partial charge in [0.25, 0.3) is 0 Å². The predicted octanol–water partition coefficient (Wildman–Crippen LogP) is 2.58. The smallest absolute Gasteiger partial charge is 0.191 e. The van der Waals surface area contributed by atoms with Crippen LogP contribution in [0.2, 0.25) is 0 Å². The first kappa shape index (κ1) is 18.9. The molecule has 2 N–H and O–H groups in total. The number of rotatable bonds is 6. The number of nitrogens with zero attached hydrogens (tertiary/aromatic N) is 1. The van der Waals surface area contributed by atoms with Crippen LogP contribution in [0.5, 0.6) is 11.5 Å². The zero-order chi connectivity index (χ0) is 15.1. The number of ether oxygens (including phenoxy) is 2. The van der Waals surface area contributed by atoms with E-state index in [2.05, 4.69) is 22.5 Å². The van der Waals surface area contributed by atoms with Crippen LogP contribution in [0.15, 0.2) is 23.2 Å². The largest absolute Gasteiger partial charge is 0.497 e. The summed E-state index contributed by atoms with van der Waals surface area (Å²) < 4.78 is 10.6. The number of nitrogens with one attached hydrogen (secondary N) is 2. The van der Waals surface area contributed by atoms with Gasteiger partial charge < -0.3 is 20.1 Å². The highest BCUT2D eigenvalue weighted by Crippen LogP contribution is 2.22. The Kier molecular flexibility index (Phi) is 8.37. The molecule has 0 fully saturated rings. The Morgan fingerprint density at radius 1 is 1.23 bits per heavy atom. The topological polar surface area (TPSA) is 54.9 Å². The van der Waals surface area contributed by atoms with Crippen LogP contribution in [0, 0.1) is 0 Å². The van der Waals surface area contributed by atoms with E-state index in [1.54, 1.807) is 14.2 Å². The highest BCUT2D eigenvalue weighted by Gasteiger charge is 2.12. The van der Waals surface area contributed by atoms with Crippen molar-refractivity contribution in [2.24, 2.45) is 4.99 Å². The van der Waals surface area contributed by atoms with Crippen LogP contribution in [0.1, 0.15) is 25.3 Å². The molecule has 22 heavy (non-hydrogen) atoms. The van der Waals surface area contributed by atoms with Crippen LogP contribution >= 0.6 is 24.0 Å². The second kappa shape index (κ2) is 9.76. The van der Waals surface area contributed by atoms with E-state index in [9.17, 15) is 0 Å². The summed E-state index contributed by atoms with van der Waals surface area (Å²) in [7, 11) is 3.34. The lowest BCUT2D eigenvalue weighted by molar-refractivity contribution is 0.393. The monoisotopic (exact) mass is 419 g/mol. The minimum atomic E-state index is 0. The molecule has 0 spiro atoms. The number of hydrogen-bond donors (Lipinski definition) is 2. The Bertz CT molecular complexity index is 472. The normalized spacial score (nSPS) is 16.9. The van der Waals surface area contributed by atoms with Gasteiger partial charge in [0, 0.05) is 25.2 Å². The SMILES string of the molecule is CCC1CCN=C(NCCc2cc(OC)cc(OC)c2)N1.I. The first-order chi connectivity index (χ1) is 10.2. The minimum absolute atomic E-state index is 0. The summed E-state index contributed by atoms with van der Waals surface area (Å²) in [6, 6.07) is 6.50. The van der Waals surface area contributed by atoms with Gasteiger partial charge in [-0.2, -0.15) is 0 Å². The zero-order valence-corrected chi connectivity index (χ0v) is 15.8. The van der Waals surface area contributed by atoms with Crippen LogP contribution in [0.3, 0.4) is 0 Å². The van der Waals surface area contributed by atoms with Gasteiger partial charge in [-0.05, 0) is 37.0 Å². The van der Waals surface area contributed by atoms with Crippen LogP contribution in [-0.4, -0.2) is 39.3 Å². The molecule has 0 saturated heterocycles. The van der Waals surface area contributed by atoms with E-state index in [1.807, 2.05) is 18.2 Å². The fraction of sp³-hybridized carbons (Fsp3) is 0.562. The minimum Gasteiger partial charge on any atom is -0.497 e. The molecular formula is C16H26IN3O2. The zero-order valence-electron chi connectivity index (χ0n) is 13.5. The average Bonchev–Trinajstić information content (AvgIpc) is 2.54. The molecule has 5 nitrogen and oxygen atoms in total. The lowest BCUT2D eigenvalue weighted by Crippen LogP contribution is -2.46. The lowest BCUT2D eigenvalue weighted by Gasteiger charge is -2.24. The number of methoxy groups -OCH3 is 2. The lowest BCUT2D eigenvalue weighted by atomic mass is 10.1. The van der Waals surface area contributed by atoms with E-state index in [0.717, 1.165) is 49.8 Å². The van der Waals surface area contributed by atoms with Crippen LogP contribution < -0.4 is 20.1 Å². The number of halogens is 1. The van der Waals surface area contributed by atoms with Crippen molar-refractivity contribution in [3.05, 3.63) is 23.8 Å². The van der Waals surface area contributed by atoms with E-state index in [4.69, 9.17) is 9.47 Å². The van der Waals surface area contributed by atoms with Gasteiger partial charge in [0.05, 0.1) is 14.2 Å². The number of hydrogen-bond acceptors (Lipinski definition) is 5. The Labute approximate surface area is 149 Å². The summed E-state index contributed by atoms with van der Waals surface area (Å²) in [6.45, 7) is 3.93. The molecular weight excluding hydrogens is 393 g/mol. The third kappa shape index (κ3) is 5.55. The molecule has 0 amide bonds. The van der Waals surface area contributed by atoms with Crippen molar-refractivity contribution in [2.45, 2.75) is 32.2 Å². The third-order valence-electron chi connectivity index (χ3n) is 3.70. The van der Waals surface area contributed by atoms with Crippen LogP contribution in [0.25, 0.3) is 0 Å². The second-order valence-corrected chi connectivity index (χ2v) is 5.17. The molecule has 1 heterocycles. The summed E-state index contributed by atoms with van der Waals surface area (Å²) >= 11 is 0. The molecule has 0 radical (unpaired) electrons. The van der Waals surface area contributed by atoms with Gasteiger partial charge in [-0.3, -0.25) is 4.99 Å². The van der Waals surface area contributed by atoms with E-state index in [-0.39, 0.29) is 24.0 Å². The molecule has 2 rings (SSSR count). The molecule has 1 aromatic carbocycles. The van der Waals surface area contributed by atoms with Crippen molar-refractivity contribution in [3.8, 4) is 11.5 Å². The summed E-state index contributed by atoms with van der Waals surface area (Å²) in [5.41, 5.74) is 1.18. The van der Waals surface area contributed by atoms with E-state index < -0.39 is 0 Å². The van der Waals surface area contributed by atoms with Crippen molar-refractivity contribution in [3.63, 3.8) is 0 Å². The van der Waals surface area contributed by atoms with Gasteiger partial charge in [0.2, 0.25) is 0 Å². The average molecular weight is 419 g/mol. The van der Waals surface area contributed by atoms with Gasteiger partial charge in [0.15, 0.2) is 5.96 Å². The fourth-order valence-electron chi connectivity index (χ4n) is 2.39. The fourth-order valence-corrected chi connectivity index (χ4v) is 2.39. The first-order valence-electron chi connectivity index (χ1n) is 7.52. The second-order valence-electron chi connectivity index (χ2n) is 5.17. The molecule has 1 aliphatic heterocycles. The molecule has 1 atom stereocenters. The molecule has 1 aromatic rings. The Balaban J connectivity index is 0.00000242. The maximum atomic E-state index is 5.29. The van der Waals surface area contributed by atoms with Crippen LogP contribution in [0.4, 0.5) is 0 Å².